The molecule has 1 aromatic heterocycles. The second kappa shape index (κ2) is 5.86. The lowest BCUT2D eigenvalue weighted by Gasteiger charge is -2.07. The number of rotatable bonds is 4. The van der Waals surface area contributed by atoms with Crippen LogP contribution in [0.1, 0.15) is 15.9 Å². The van der Waals surface area contributed by atoms with Crippen molar-refractivity contribution in [2.45, 2.75) is 6.54 Å². The number of nitrogens with zero attached hydrogens (tertiary/aromatic N) is 1. The van der Waals surface area contributed by atoms with E-state index < -0.39 is 0 Å². The molecule has 0 atom stereocenters. The summed E-state index contributed by atoms with van der Waals surface area (Å²) in [5, 5.41) is 2.79. The van der Waals surface area contributed by atoms with Crippen LogP contribution in [0.3, 0.4) is 0 Å². The van der Waals surface area contributed by atoms with Crippen molar-refractivity contribution in [1.29, 1.82) is 0 Å². The molecule has 1 heterocycles. The average molecular weight is 257 g/mol. The van der Waals surface area contributed by atoms with Gasteiger partial charge in [-0.2, -0.15) is 0 Å². The van der Waals surface area contributed by atoms with E-state index in [9.17, 15) is 4.79 Å². The lowest BCUT2D eigenvalue weighted by molar-refractivity contribution is 0.0951. The zero-order valence-corrected chi connectivity index (χ0v) is 10.6. The molecule has 1 amide bonds. The van der Waals surface area contributed by atoms with Gasteiger partial charge in [-0.3, -0.25) is 4.79 Å². The van der Waals surface area contributed by atoms with E-state index >= 15 is 0 Å². The monoisotopic (exact) mass is 257 g/mol. The number of aromatic nitrogens is 1. The summed E-state index contributed by atoms with van der Waals surface area (Å²) < 4.78 is 5.07. The van der Waals surface area contributed by atoms with E-state index in [0.29, 0.717) is 12.1 Å². The van der Waals surface area contributed by atoms with Crippen LogP contribution in [-0.2, 0) is 6.54 Å². The van der Waals surface area contributed by atoms with Crippen molar-refractivity contribution < 1.29 is 9.53 Å². The molecule has 0 saturated carbocycles. The van der Waals surface area contributed by atoms with Gasteiger partial charge in [0.05, 0.1) is 12.7 Å². The molecule has 0 unspecified atom stereocenters. The van der Waals surface area contributed by atoms with E-state index in [0.717, 1.165) is 11.3 Å². The van der Waals surface area contributed by atoms with E-state index in [1.165, 1.54) is 0 Å². The SMILES string of the molecule is COc1ccc(CNC(=O)c2cccnc2N)cc1. The van der Waals surface area contributed by atoms with Crippen molar-refractivity contribution in [2.75, 3.05) is 12.8 Å². The first kappa shape index (κ1) is 12.9. The molecule has 0 bridgehead atoms. The van der Waals surface area contributed by atoms with Gasteiger partial charge in [0.2, 0.25) is 0 Å². The fourth-order valence-corrected chi connectivity index (χ4v) is 1.63. The molecule has 1 aromatic carbocycles. The number of anilines is 1. The maximum atomic E-state index is 11.9. The summed E-state index contributed by atoms with van der Waals surface area (Å²) >= 11 is 0. The zero-order valence-electron chi connectivity index (χ0n) is 10.6. The van der Waals surface area contributed by atoms with Crippen LogP contribution in [0.4, 0.5) is 5.82 Å². The highest BCUT2D eigenvalue weighted by molar-refractivity contribution is 5.98. The molecule has 5 heteroatoms. The number of carbonyl (C=O) groups excluding carboxylic acids is 1. The van der Waals surface area contributed by atoms with Crippen LogP contribution in [0.25, 0.3) is 0 Å². The molecule has 5 nitrogen and oxygen atoms in total. The summed E-state index contributed by atoms with van der Waals surface area (Å²) in [7, 11) is 1.61. The average Bonchev–Trinajstić information content (AvgIpc) is 2.46. The molecule has 19 heavy (non-hydrogen) atoms. The third-order valence-corrected chi connectivity index (χ3v) is 2.70. The molecular weight excluding hydrogens is 242 g/mol. The molecule has 3 N–H and O–H groups in total. The minimum atomic E-state index is -0.235. The molecule has 0 aliphatic rings. The van der Waals surface area contributed by atoms with Gasteiger partial charge >= 0.3 is 0 Å². The molecule has 2 aromatic rings. The second-order valence-corrected chi connectivity index (χ2v) is 3.97. The van der Waals surface area contributed by atoms with Crippen LogP contribution >= 0.6 is 0 Å². The van der Waals surface area contributed by atoms with Gasteiger partial charge in [0.15, 0.2) is 0 Å². The van der Waals surface area contributed by atoms with Gasteiger partial charge < -0.3 is 15.8 Å². The minimum absolute atomic E-state index is 0.231. The molecule has 0 radical (unpaired) electrons. The van der Waals surface area contributed by atoms with Crippen molar-refractivity contribution in [1.82, 2.24) is 10.3 Å². The molecular formula is C14H15N3O2. The van der Waals surface area contributed by atoms with Crippen molar-refractivity contribution in [3.8, 4) is 5.75 Å². The van der Waals surface area contributed by atoms with Crippen molar-refractivity contribution in [2.24, 2.45) is 0 Å². The smallest absolute Gasteiger partial charge is 0.255 e. The summed E-state index contributed by atoms with van der Waals surface area (Å²) in [4.78, 5) is 15.8. The summed E-state index contributed by atoms with van der Waals surface area (Å²) in [6.07, 6.45) is 1.55. The Labute approximate surface area is 111 Å². The van der Waals surface area contributed by atoms with Gasteiger partial charge in [-0.15, -0.1) is 0 Å². The number of pyridine rings is 1. The van der Waals surface area contributed by atoms with Crippen LogP contribution in [0.5, 0.6) is 5.75 Å². The van der Waals surface area contributed by atoms with Gasteiger partial charge in [0, 0.05) is 12.7 Å². The van der Waals surface area contributed by atoms with Gasteiger partial charge in [0.25, 0.3) is 5.91 Å². The normalized spacial score (nSPS) is 9.95. The van der Waals surface area contributed by atoms with E-state index in [4.69, 9.17) is 10.5 Å². The first-order chi connectivity index (χ1) is 9.20. The fourth-order valence-electron chi connectivity index (χ4n) is 1.63. The number of hydrogen-bond donors (Lipinski definition) is 2. The lowest BCUT2D eigenvalue weighted by atomic mass is 10.2. The van der Waals surface area contributed by atoms with Crippen LogP contribution in [-0.4, -0.2) is 18.0 Å². The Morgan fingerprint density at radius 1 is 1.32 bits per heavy atom. The third-order valence-electron chi connectivity index (χ3n) is 2.70. The first-order valence-corrected chi connectivity index (χ1v) is 5.82. The van der Waals surface area contributed by atoms with Gasteiger partial charge in [-0.1, -0.05) is 12.1 Å². The quantitative estimate of drug-likeness (QED) is 0.872. The number of nitrogens with two attached hydrogens (primary N) is 1. The van der Waals surface area contributed by atoms with E-state index in [-0.39, 0.29) is 11.7 Å². The van der Waals surface area contributed by atoms with Crippen LogP contribution < -0.4 is 15.8 Å². The number of hydrogen-bond acceptors (Lipinski definition) is 4. The largest absolute Gasteiger partial charge is 0.497 e. The van der Waals surface area contributed by atoms with Crippen molar-refractivity contribution in [3.63, 3.8) is 0 Å². The third kappa shape index (κ3) is 3.22. The van der Waals surface area contributed by atoms with Crippen LogP contribution in [0.15, 0.2) is 42.6 Å². The number of methoxy groups -OCH3 is 1. The number of carbonyl (C=O) groups is 1. The zero-order chi connectivity index (χ0) is 13.7. The molecule has 2 rings (SSSR count). The molecule has 0 aliphatic heterocycles. The Hall–Kier alpha value is -2.56. The highest BCUT2D eigenvalue weighted by Crippen LogP contribution is 2.11. The van der Waals surface area contributed by atoms with Crippen molar-refractivity contribution in [3.05, 3.63) is 53.7 Å². The number of ether oxygens (including phenoxy) is 1. The summed E-state index contributed by atoms with van der Waals surface area (Å²) in [5.74, 6) is 0.780. The van der Waals surface area contributed by atoms with Crippen LogP contribution in [0, 0.1) is 0 Å². The number of benzene rings is 1. The van der Waals surface area contributed by atoms with Gasteiger partial charge in [-0.05, 0) is 29.8 Å². The highest BCUT2D eigenvalue weighted by Gasteiger charge is 2.09. The van der Waals surface area contributed by atoms with Gasteiger partial charge in [0.1, 0.15) is 11.6 Å². The van der Waals surface area contributed by atoms with Crippen LogP contribution in [0.2, 0.25) is 0 Å². The highest BCUT2D eigenvalue weighted by atomic mass is 16.5. The molecule has 0 saturated heterocycles. The maximum Gasteiger partial charge on any atom is 0.255 e. The fraction of sp³-hybridized carbons (Fsp3) is 0.143. The summed E-state index contributed by atoms with van der Waals surface area (Å²) in [6.45, 7) is 0.428. The van der Waals surface area contributed by atoms with E-state index in [1.807, 2.05) is 24.3 Å². The summed E-state index contributed by atoms with van der Waals surface area (Å²) in [6, 6.07) is 10.8. The second-order valence-electron chi connectivity index (χ2n) is 3.97. The Balaban J connectivity index is 1.98. The number of nitrogen functional groups attached to an aromatic ring is 1. The summed E-state index contributed by atoms with van der Waals surface area (Å²) in [5.41, 5.74) is 7.01. The van der Waals surface area contributed by atoms with E-state index in [1.54, 1.807) is 25.4 Å². The van der Waals surface area contributed by atoms with Gasteiger partial charge in [-0.25, -0.2) is 4.98 Å². The van der Waals surface area contributed by atoms with Crippen molar-refractivity contribution >= 4 is 11.7 Å². The Kier molecular flexibility index (Phi) is 3.97. The number of nitrogens with one attached hydrogen (secondary N) is 1. The predicted molar refractivity (Wildman–Crippen MR) is 72.8 cm³/mol. The predicted octanol–water partition coefficient (Wildman–Crippen LogP) is 1.60. The molecule has 98 valence electrons. The number of amides is 1. The topological polar surface area (TPSA) is 77.2 Å². The molecule has 0 spiro atoms. The Morgan fingerprint density at radius 3 is 2.68 bits per heavy atom. The first-order valence-electron chi connectivity index (χ1n) is 5.82. The standard InChI is InChI=1S/C14H15N3O2/c1-19-11-6-4-10(5-7-11)9-17-14(18)12-3-2-8-16-13(12)15/h2-8H,9H2,1H3,(H2,15,16)(H,17,18). The van der Waals surface area contributed by atoms with E-state index in [2.05, 4.69) is 10.3 Å². The lowest BCUT2D eigenvalue weighted by Crippen LogP contribution is -2.24. The minimum Gasteiger partial charge on any atom is -0.497 e. The maximum absolute atomic E-state index is 11.9. The Morgan fingerprint density at radius 2 is 2.05 bits per heavy atom. The molecule has 0 aliphatic carbocycles. The Bertz CT molecular complexity index is 567. The molecule has 0 fully saturated rings.